The van der Waals surface area contributed by atoms with E-state index in [0.717, 1.165) is 19.3 Å². The van der Waals surface area contributed by atoms with Crippen LogP contribution in [0.5, 0.6) is 0 Å². The van der Waals surface area contributed by atoms with E-state index in [4.69, 9.17) is 0 Å². The lowest BCUT2D eigenvalue weighted by atomic mass is 9.94. The Kier molecular flexibility index (Phi) is 5.64. The fraction of sp³-hybridized carbons (Fsp3) is 0.333. The lowest BCUT2D eigenvalue weighted by Gasteiger charge is -2.11. The SMILES string of the molecule is C=C/C=C\C1=C(C)C(=C)C(CC)=C(/C=C\C)CC1. The third-order valence-electron chi connectivity index (χ3n) is 3.50. The van der Waals surface area contributed by atoms with Gasteiger partial charge in [-0.2, -0.15) is 0 Å². The van der Waals surface area contributed by atoms with Crippen molar-refractivity contribution in [3.05, 3.63) is 71.4 Å². The quantitative estimate of drug-likeness (QED) is 0.555. The molecule has 0 atom stereocenters. The predicted molar refractivity (Wildman–Crippen MR) is 82.5 cm³/mol. The Labute approximate surface area is 112 Å². The van der Waals surface area contributed by atoms with Crippen LogP contribution in [0.1, 0.15) is 40.0 Å². The van der Waals surface area contributed by atoms with E-state index in [-0.39, 0.29) is 0 Å². The van der Waals surface area contributed by atoms with Gasteiger partial charge in [0, 0.05) is 0 Å². The maximum absolute atomic E-state index is 4.29. The third kappa shape index (κ3) is 3.22. The highest BCUT2D eigenvalue weighted by molar-refractivity contribution is 5.54. The average Bonchev–Trinajstić information content (AvgIpc) is 2.48. The first kappa shape index (κ1) is 14.5. The van der Waals surface area contributed by atoms with Gasteiger partial charge in [-0.3, -0.25) is 0 Å². The zero-order valence-corrected chi connectivity index (χ0v) is 11.9. The van der Waals surface area contributed by atoms with Gasteiger partial charge < -0.3 is 0 Å². The summed E-state index contributed by atoms with van der Waals surface area (Å²) in [5.74, 6) is 0. The van der Waals surface area contributed by atoms with Crippen molar-refractivity contribution in [1.29, 1.82) is 0 Å². The standard InChI is InChI=1S/C18H24/c1-6-9-11-16-12-13-17(10-7-2)18(8-3)15(5)14(16)4/h6-7,9-11H,1,5,8,12-13H2,2-4H3/b10-7-,11-9-. The van der Waals surface area contributed by atoms with Crippen molar-refractivity contribution < 1.29 is 0 Å². The molecular weight excluding hydrogens is 216 g/mol. The van der Waals surface area contributed by atoms with E-state index in [9.17, 15) is 0 Å². The second-order valence-corrected chi connectivity index (χ2v) is 4.58. The zero-order chi connectivity index (χ0) is 13.5. The molecule has 0 heteroatoms. The highest BCUT2D eigenvalue weighted by Crippen LogP contribution is 2.34. The molecule has 0 bridgehead atoms. The molecule has 0 aromatic heterocycles. The topological polar surface area (TPSA) is 0 Å². The summed E-state index contributed by atoms with van der Waals surface area (Å²) in [5.41, 5.74) is 6.75. The van der Waals surface area contributed by atoms with Crippen molar-refractivity contribution in [1.82, 2.24) is 0 Å². The zero-order valence-electron chi connectivity index (χ0n) is 11.9. The predicted octanol–water partition coefficient (Wildman–Crippen LogP) is 5.68. The molecule has 0 saturated heterocycles. The van der Waals surface area contributed by atoms with Crippen LogP contribution < -0.4 is 0 Å². The molecule has 0 aromatic rings. The summed E-state index contributed by atoms with van der Waals surface area (Å²) in [6.07, 6.45) is 13.6. The highest BCUT2D eigenvalue weighted by atomic mass is 14.2. The van der Waals surface area contributed by atoms with E-state index in [0.29, 0.717) is 0 Å². The van der Waals surface area contributed by atoms with Crippen molar-refractivity contribution in [2.24, 2.45) is 0 Å². The molecule has 0 radical (unpaired) electrons. The van der Waals surface area contributed by atoms with Gasteiger partial charge >= 0.3 is 0 Å². The smallest absolute Gasteiger partial charge is 0.0235 e. The van der Waals surface area contributed by atoms with Crippen LogP contribution in [0.25, 0.3) is 0 Å². The Balaban J connectivity index is 3.19. The summed E-state index contributed by atoms with van der Waals surface area (Å²) < 4.78 is 0. The normalized spacial score (nSPS) is 18.1. The van der Waals surface area contributed by atoms with Crippen LogP contribution in [0.4, 0.5) is 0 Å². The Hall–Kier alpha value is -1.56. The molecule has 0 saturated carbocycles. The molecule has 18 heavy (non-hydrogen) atoms. The van der Waals surface area contributed by atoms with E-state index in [1.54, 1.807) is 0 Å². The Morgan fingerprint density at radius 2 is 1.83 bits per heavy atom. The van der Waals surface area contributed by atoms with E-state index in [1.807, 2.05) is 12.2 Å². The first-order valence-corrected chi connectivity index (χ1v) is 6.68. The molecule has 0 N–H and O–H groups in total. The third-order valence-corrected chi connectivity index (χ3v) is 3.50. The van der Waals surface area contributed by atoms with E-state index in [2.05, 4.69) is 52.2 Å². The van der Waals surface area contributed by atoms with E-state index < -0.39 is 0 Å². The number of hydrogen-bond donors (Lipinski definition) is 0. The molecule has 0 fully saturated rings. The summed E-state index contributed by atoms with van der Waals surface area (Å²) in [6.45, 7) is 14.5. The van der Waals surface area contributed by atoms with Gasteiger partial charge in [0.15, 0.2) is 0 Å². The molecule has 96 valence electrons. The first-order valence-electron chi connectivity index (χ1n) is 6.68. The summed E-state index contributed by atoms with van der Waals surface area (Å²) in [5, 5.41) is 0. The molecule has 0 heterocycles. The van der Waals surface area contributed by atoms with Crippen LogP contribution in [0.15, 0.2) is 71.4 Å². The van der Waals surface area contributed by atoms with Gasteiger partial charge in [-0.15, -0.1) is 0 Å². The molecule has 0 spiro atoms. The Bertz CT molecular complexity index is 450. The summed E-state index contributed by atoms with van der Waals surface area (Å²) in [4.78, 5) is 0. The molecule has 0 nitrogen and oxygen atoms in total. The van der Waals surface area contributed by atoms with Gasteiger partial charge in [0.1, 0.15) is 0 Å². The van der Waals surface area contributed by atoms with Gasteiger partial charge in [0.2, 0.25) is 0 Å². The van der Waals surface area contributed by atoms with Crippen molar-refractivity contribution in [3.63, 3.8) is 0 Å². The van der Waals surface area contributed by atoms with Crippen molar-refractivity contribution in [3.8, 4) is 0 Å². The summed E-state index contributed by atoms with van der Waals surface area (Å²) in [6, 6.07) is 0. The molecule has 0 aliphatic heterocycles. The van der Waals surface area contributed by atoms with Crippen LogP contribution in [0.3, 0.4) is 0 Å². The molecule has 1 aliphatic rings. The fourth-order valence-electron chi connectivity index (χ4n) is 2.44. The summed E-state index contributed by atoms with van der Waals surface area (Å²) in [7, 11) is 0. The first-order chi connectivity index (χ1) is 8.65. The number of rotatable bonds is 4. The van der Waals surface area contributed by atoms with Crippen molar-refractivity contribution >= 4 is 0 Å². The van der Waals surface area contributed by atoms with Gasteiger partial charge in [-0.05, 0) is 61.0 Å². The lowest BCUT2D eigenvalue weighted by Crippen LogP contribution is -1.92. The van der Waals surface area contributed by atoms with E-state index in [1.165, 1.54) is 27.9 Å². The minimum Gasteiger partial charge on any atom is -0.0991 e. The van der Waals surface area contributed by atoms with Crippen molar-refractivity contribution in [2.75, 3.05) is 0 Å². The highest BCUT2D eigenvalue weighted by Gasteiger charge is 2.15. The van der Waals surface area contributed by atoms with Crippen LogP contribution in [-0.2, 0) is 0 Å². The lowest BCUT2D eigenvalue weighted by molar-refractivity contribution is 0.953. The Morgan fingerprint density at radius 1 is 1.17 bits per heavy atom. The molecular formula is C18H24. The van der Waals surface area contributed by atoms with Crippen molar-refractivity contribution in [2.45, 2.75) is 40.0 Å². The molecule has 0 amide bonds. The molecule has 1 aliphatic carbocycles. The van der Waals surface area contributed by atoms with Crippen LogP contribution in [-0.4, -0.2) is 0 Å². The fourth-order valence-corrected chi connectivity index (χ4v) is 2.44. The maximum atomic E-state index is 4.29. The van der Waals surface area contributed by atoms with Crippen LogP contribution in [0, 0.1) is 0 Å². The maximum Gasteiger partial charge on any atom is -0.0235 e. The van der Waals surface area contributed by atoms with Crippen LogP contribution in [0.2, 0.25) is 0 Å². The minimum absolute atomic E-state index is 1.05. The van der Waals surface area contributed by atoms with E-state index >= 15 is 0 Å². The van der Waals surface area contributed by atoms with Gasteiger partial charge in [0.25, 0.3) is 0 Å². The summed E-state index contributed by atoms with van der Waals surface area (Å²) >= 11 is 0. The second-order valence-electron chi connectivity index (χ2n) is 4.58. The Morgan fingerprint density at radius 3 is 2.39 bits per heavy atom. The molecule has 0 aromatic carbocycles. The van der Waals surface area contributed by atoms with Gasteiger partial charge in [-0.1, -0.05) is 50.5 Å². The monoisotopic (exact) mass is 240 g/mol. The largest absolute Gasteiger partial charge is 0.0991 e. The molecule has 0 unspecified atom stereocenters. The van der Waals surface area contributed by atoms with Gasteiger partial charge in [0.05, 0.1) is 0 Å². The van der Waals surface area contributed by atoms with Crippen LogP contribution >= 0.6 is 0 Å². The minimum atomic E-state index is 1.05. The molecule has 1 rings (SSSR count). The second kappa shape index (κ2) is 7.00. The number of hydrogen-bond acceptors (Lipinski definition) is 0. The number of allylic oxidation sites excluding steroid dienone is 10. The van der Waals surface area contributed by atoms with Gasteiger partial charge in [-0.25, -0.2) is 0 Å². The average molecular weight is 240 g/mol.